The standard InChI is InChI=1S/C6H8N2O2/c9-6-10-4-3-8-2-1-7-5-8/h1-2,5-6H,3-4H2. The number of carbonyl (C=O) groups is 1. The summed E-state index contributed by atoms with van der Waals surface area (Å²) in [7, 11) is 0. The summed E-state index contributed by atoms with van der Waals surface area (Å²) in [5.74, 6) is 0. The average Bonchev–Trinajstić information content (AvgIpc) is 2.41. The third-order valence-corrected chi connectivity index (χ3v) is 1.09. The second kappa shape index (κ2) is 3.66. The Bertz CT molecular complexity index is 184. The molecular formula is C6H8N2O2. The van der Waals surface area contributed by atoms with Gasteiger partial charge in [0.2, 0.25) is 0 Å². The maximum atomic E-state index is 9.69. The van der Waals surface area contributed by atoms with Gasteiger partial charge in [0.1, 0.15) is 6.61 Å². The van der Waals surface area contributed by atoms with E-state index in [2.05, 4.69) is 9.72 Å². The van der Waals surface area contributed by atoms with Gasteiger partial charge in [0.25, 0.3) is 6.47 Å². The Labute approximate surface area is 58.4 Å². The number of hydrogen-bond acceptors (Lipinski definition) is 3. The van der Waals surface area contributed by atoms with Crippen molar-refractivity contribution in [2.24, 2.45) is 0 Å². The largest absolute Gasteiger partial charge is 0.466 e. The van der Waals surface area contributed by atoms with E-state index in [1.54, 1.807) is 12.5 Å². The molecule has 0 aliphatic carbocycles. The molecule has 0 N–H and O–H groups in total. The van der Waals surface area contributed by atoms with Crippen LogP contribution in [0.25, 0.3) is 0 Å². The fourth-order valence-corrected chi connectivity index (χ4v) is 0.625. The van der Waals surface area contributed by atoms with Crippen molar-refractivity contribution in [1.29, 1.82) is 0 Å². The molecule has 1 aromatic rings. The normalized spacial score (nSPS) is 9.20. The number of hydrogen-bond donors (Lipinski definition) is 0. The summed E-state index contributed by atoms with van der Waals surface area (Å²) in [5, 5.41) is 0. The lowest BCUT2D eigenvalue weighted by molar-refractivity contribution is -0.128. The van der Waals surface area contributed by atoms with Crippen LogP contribution in [0.2, 0.25) is 0 Å². The highest BCUT2D eigenvalue weighted by Gasteiger charge is 1.87. The maximum absolute atomic E-state index is 9.69. The lowest BCUT2D eigenvalue weighted by Gasteiger charge is -1.98. The predicted molar refractivity (Wildman–Crippen MR) is 34.2 cm³/mol. The first-order valence-corrected chi connectivity index (χ1v) is 2.94. The molecule has 1 rings (SSSR count). The molecule has 0 saturated carbocycles. The highest BCUT2D eigenvalue weighted by atomic mass is 16.5. The lowest BCUT2D eigenvalue weighted by atomic mass is 10.7. The molecule has 1 aromatic heterocycles. The summed E-state index contributed by atoms with van der Waals surface area (Å²) in [5.41, 5.74) is 0. The Morgan fingerprint density at radius 1 is 1.70 bits per heavy atom. The molecule has 10 heavy (non-hydrogen) atoms. The lowest BCUT2D eigenvalue weighted by Crippen LogP contribution is -2.02. The van der Waals surface area contributed by atoms with Gasteiger partial charge in [-0.2, -0.15) is 0 Å². The predicted octanol–water partition coefficient (Wildman–Crippen LogP) is 0.0561. The van der Waals surface area contributed by atoms with Crippen LogP contribution in [0.15, 0.2) is 18.7 Å². The van der Waals surface area contributed by atoms with Crippen molar-refractivity contribution in [2.75, 3.05) is 6.61 Å². The number of imidazole rings is 1. The number of ether oxygens (including phenoxy) is 1. The van der Waals surface area contributed by atoms with Crippen molar-refractivity contribution >= 4 is 6.47 Å². The average molecular weight is 140 g/mol. The third-order valence-electron chi connectivity index (χ3n) is 1.09. The summed E-state index contributed by atoms with van der Waals surface area (Å²) in [6.07, 6.45) is 5.17. The van der Waals surface area contributed by atoms with Crippen LogP contribution in [0.1, 0.15) is 0 Å². The topological polar surface area (TPSA) is 44.1 Å². The van der Waals surface area contributed by atoms with Crippen LogP contribution in [0, 0.1) is 0 Å². The van der Waals surface area contributed by atoms with E-state index in [0.29, 0.717) is 19.6 Å². The Balaban J connectivity index is 2.21. The molecule has 1 heterocycles. The van der Waals surface area contributed by atoms with Gasteiger partial charge in [0.05, 0.1) is 12.9 Å². The molecule has 0 fully saturated rings. The van der Waals surface area contributed by atoms with Crippen LogP contribution in [0.5, 0.6) is 0 Å². The molecule has 4 heteroatoms. The van der Waals surface area contributed by atoms with Gasteiger partial charge >= 0.3 is 0 Å². The highest BCUT2D eigenvalue weighted by molar-refractivity contribution is 5.36. The van der Waals surface area contributed by atoms with E-state index in [1.165, 1.54) is 0 Å². The summed E-state index contributed by atoms with van der Waals surface area (Å²) in [4.78, 5) is 13.5. The molecule has 0 atom stereocenters. The van der Waals surface area contributed by atoms with E-state index in [-0.39, 0.29) is 0 Å². The molecule has 0 unspecified atom stereocenters. The second-order valence-electron chi connectivity index (χ2n) is 1.77. The van der Waals surface area contributed by atoms with E-state index in [4.69, 9.17) is 0 Å². The smallest absolute Gasteiger partial charge is 0.293 e. The first-order chi connectivity index (χ1) is 4.93. The quantitative estimate of drug-likeness (QED) is 0.438. The zero-order valence-electron chi connectivity index (χ0n) is 5.43. The van der Waals surface area contributed by atoms with Crippen LogP contribution in [0.4, 0.5) is 0 Å². The molecule has 0 aromatic carbocycles. The fourth-order valence-electron chi connectivity index (χ4n) is 0.625. The summed E-state index contributed by atoms with van der Waals surface area (Å²) in [6, 6.07) is 0. The van der Waals surface area contributed by atoms with E-state index in [9.17, 15) is 4.79 Å². The van der Waals surface area contributed by atoms with Crippen LogP contribution in [-0.2, 0) is 16.1 Å². The van der Waals surface area contributed by atoms with Crippen molar-refractivity contribution in [3.63, 3.8) is 0 Å². The third kappa shape index (κ3) is 1.89. The minimum absolute atomic E-state index is 0.403. The van der Waals surface area contributed by atoms with Gasteiger partial charge in [-0.15, -0.1) is 0 Å². The minimum atomic E-state index is 0.403. The van der Waals surface area contributed by atoms with Gasteiger partial charge in [0, 0.05) is 12.4 Å². The molecule has 0 radical (unpaired) electrons. The molecular weight excluding hydrogens is 132 g/mol. The van der Waals surface area contributed by atoms with Crippen molar-refractivity contribution in [3.05, 3.63) is 18.7 Å². The fraction of sp³-hybridized carbons (Fsp3) is 0.333. The van der Waals surface area contributed by atoms with Crippen LogP contribution in [0.3, 0.4) is 0 Å². The first kappa shape index (κ1) is 6.80. The number of carbonyl (C=O) groups excluding carboxylic acids is 1. The number of aromatic nitrogens is 2. The van der Waals surface area contributed by atoms with Gasteiger partial charge in [-0.25, -0.2) is 4.98 Å². The minimum Gasteiger partial charge on any atom is -0.466 e. The summed E-state index contributed by atoms with van der Waals surface area (Å²) < 4.78 is 6.31. The van der Waals surface area contributed by atoms with Gasteiger partial charge in [-0.3, -0.25) is 4.79 Å². The zero-order valence-corrected chi connectivity index (χ0v) is 5.43. The molecule has 0 saturated heterocycles. The SMILES string of the molecule is O=COCCn1ccnc1. The highest BCUT2D eigenvalue weighted by Crippen LogP contribution is 1.84. The number of nitrogens with zero attached hydrogens (tertiary/aromatic N) is 2. The Kier molecular flexibility index (Phi) is 2.49. The second-order valence-corrected chi connectivity index (χ2v) is 1.77. The van der Waals surface area contributed by atoms with E-state index in [1.807, 2.05) is 10.8 Å². The van der Waals surface area contributed by atoms with Crippen molar-refractivity contribution in [1.82, 2.24) is 9.55 Å². The summed E-state index contributed by atoms with van der Waals surface area (Å²) >= 11 is 0. The van der Waals surface area contributed by atoms with E-state index in [0.717, 1.165) is 0 Å². The molecule has 0 spiro atoms. The molecule has 0 amide bonds. The van der Waals surface area contributed by atoms with Gasteiger partial charge in [-0.05, 0) is 0 Å². The summed E-state index contributed by atoms with van der Waals surface area (Å²) in [6.45, 7) is 1.51. The van der Waals surface area contributed by atoms with Crippen molar-refractivity contribution in [2.45, 2.75) is 6.54 Å². The van der Waals surface area contributed by atoms with E-state index >= 15 is 0 Å². The maximum Gasteiger partial charge on any atom is 0.293 e. The van der Waals surface area contributed by atoms with Crippen LogP contribution < -0.4 is 0 Å². The zero-order chi connectivity index (χ0) is 7.23. The molecule has 54 valence electrons. The van der Waals surface area contributed by atoms with Crippen molar-refractivity contribution < 1.29 is 9.53 Å². The van der Waals surface area contributed by atoms with Crippen LogP contribution >= 0.6 is 0 Å². The van der Waals surface area contributed by atoms with E-state index < -0.39 is 0 Å². The number of rotatable bonds is 4. The van der Waals surface area contributed by atoms with Crippen LogP contribution in [-0.4, -0.2) is 22.6 Å². The molecule has 4 nitrogen and oxygen atoms in total. The van der Waals surface area contributed by atoms with Gasteiger partial charge in [-0.1, -0.05) is 0 Å². The monoisotopic (exact) mass is 140 g/mol. The van der Waals surface area contributed by atoms with Crippen molar-refractivity contribution in [3.8, 4) is 0 Å². The first-order valence-electron chi connectivity index (χ1n) is 2.94. The molecule has 0 aliphatic rings. The molecule has 0 aliphatic heterocycles. The Morgan fingerprint density at radius 3 is 3.20 bits per heavy atom. The Hall–Kier alpha value is -1.32. The molecule has 0 bridgehead atoms. The Morgan fingerprint density at radius 2 is 2.60 bits per heavy atom. The van der Waals surface area contributed by atoms with Gasteiger partial charge in [0.15, 0.2) is 0 Å². The van der Waals surface area contributed by atoms with Gasteiger partial charge < -0.3 is 9.30 Å².